The van der Waals surface area contributed by atoms with Gasteiger partial charge in [-0.3, -0.25) is 14.5 Å². The number of nitrogens with zero attached hydrogens (tertiary/aromatic N) is 1. The number of carbonyl (C=O) groups is 1. The molecule has 0 aliphatic rings. The predicted octanol–water partition coefficient (Wildman–Crippen LogP) is 5.25. The van der Waals surface area contributed by atoms with Crippen LogP contribution >= 0.6 is 11.6 Å². The molecule has 4 rings (SSSR count). The number of fused-ring (bicyclic) bond motifs is 1. The lowest BCUT2D eigenvalue weighted by molar-refractivity contribution is 0.102. The zero-order valence-corrected chi connectivity index (χ0v) is 18.0. The van der Waals surface area contributed by atoms with Crippen LogP contribution < -0.4 is 10.0 Å². The van der Waals surface area contributed by atoms with E-state index in [2.05, 4.69) is 15.0 Å². The standard InChI is InChI=1S/C23H18ClN3O3S/c1-15-14-22(18-6-2-4-8-20(18)25-15)26-23(28)19-7-3-5-9-21(19)27-31(29,30)17-12-10-16(24)11-13-17/h2-14,27H,1H3,(H,25,26,28). The van der Waals surface area contributed by atoms with Crippen molar-refractivity contribution in [3.05, 3.63) is 95.1 Å². The Morgan fingerprint density at radius 2 is 1.58 bits per heavy atom. The molecular weight excluding hydrogens is 434 g/mol. The number of rotatable bonds is 5. The monoisotopic (exact) mass is 451 g/mol. The maximum atomic E-state index is 13.1. The highest BCUT2D eigenvalue weighted by molar-refractivity contribution is 7.92. The second-order valence-electron chi connectivity index (χ2n) is 6.89. The number of anilines is 2. The Hall–Kier alpha value is -3.42. The Morgan fingerprint density at radius 1 is 0.903 bits per heavy atom. The molecule has 8 heteroatoms. The van der Waals surface area contributed by atoms with Crippen molar-refractivity contribution in [2.75, 3.05) is 10.0 Å². The van der Waals surface area contributed by atoms with E-state index in [0.29, 0.717) is 10.7 Å². The van der Waals surface area contributed by atoms with E-state index in [1.54, 1.807) is 24.3 Å². The van der Waals surface area contributed by atoms with E-state index in [0.717, 1.165) is 16.6 Å². The minimum atomic E-state index is -3.90. The first-order chi connectivity index (χ1) is 14.8. The van der Waals surface area contributed by atoms with Crippen LogP contribution in [0.2, 0.25) is 5.02 Å². The molecule has 1 heterocycles. The van der Waals surface area contributed by atoms with Crippen molar-refractivity contribution in [2.24, 2.45) is 0 Å². The average molecular weight is 452 g/mol. The molecule has 0 saturated carbocycles. The molecule has 0 saturated heterocycles. The first-order valence-electron chi connectivity index (χ1n) is 9.39. The van der Waals surface area contributed by atoms with E-state index in [9.17, 15) is 13.2 Å². The van der Waals surface area contributed by atoms with E-state index in [1.807, 2.05) is 31.2 Å². The highest BCUT2D eigenvalue weighted by atomic mass is 35.5. The second-order valence-corrected chi connectivity index (χ2v) is 9.01. The van der Waals surface area contributed by atoms with Crippen LogP contribution in [0.15, 0.2) is 83.8 Å². The number of halogens is 1. The summed E-state index contributed by atoms with van der Waals surface area (Å²) >= 11 is 5.85. The summed E-state index contributed by atoms with van der Waals surface area (Å²) in [5.74, 6) is -0.440. The molecule has 0 fully saturated rings. The van der Waals surface area contributed by atoms with Crippen molar-refractivity contribution in [2.45, 2.75) is 11.8 Å². The minimum Gasteiger partial charge on any atom is -0.321 e. The lowest BCUT2D eigenvalue weighted by Crippen LogP contribution is -2.18. The Balaban J connectivity index is 1.66. The fourth-order valence-electron chi connectivity index (χ4n) is 3.19. The molecule has 156 valence electrons. The van der Waals surface area contributed by atoms with Crippen LogP contribution in [-0.2, 0) is 10.0 Å². The van der Waals surface area contributed by atoms with Crippen LogP contribution in [0.3, 0.4) is 0 Å². The van der Waals surface area contributed by atoms with Crippen LogP contribution in [0, 0.1) is 6.92 Å². The third-order valence-electron chi connectivity index (χ3n) is 4.63. The van der Waals surface area contributed by atoms with E-state index in [4.69, 9.17) is 11.6 Å². The number of pyridine rings is 1. The number of hydrogen-bond donors (Lipinski definition) is 2. The molecule has 0 radical (unpaired) electrons. The molecule has 2 N–H and O–H groups in total. The van der Waals surface area contributed by atoms with Gasteiger partial charge in [-0.1, -0.05) is 41.9 Å². The van der Waals surface area contributed by atoms with Crippen molar-refractivity contribution in [3.63, 3.8) is 0 Å². The summed E-state index contributed by atoms with van der Waals surface area (Å²) in [5.41, 5.74) is 2.48. The number of nitrogens with one attached hydrogen (secondary N) is 2. The highest BCUT2D eigenvalue weighted by Gasteiger charge is 2.19. The normalized spacial score (nSPS) is 11.3. The zero-order chi connectivity index (χ0) is 22.0. The fraction of sp³-hybridized carbons (Fsp3) is 0.0435. The summed E-state index contributed by atoms with van der Waals surface area (Å²) in [5, 5.41) is 4.11. The molecule has 31 heavy (non-hydrogen) atoms. The molecule has 0 atom stereocenters. The number of sulfonamides is 1. The van der Waals surface area contributed by atoms with Crippen molar-refractivity contribution < 1.29 is 13.2 Å². The summed E-state index contributed by atoms with van der Waals surface area (Å²) in [6, 6.07) is 21.5. The highest BCUT2D eigenvalue weighted by Crippen LogP contribution is 2.26. The van der Waals surface area contributed by atoms with E-state index in [1.165, 1.54) is 30.3 Å². The molecule has 1 amide bonds. The van der Waals surface area contributed by atoms with Gasteiger partial charge in [-0.2, -0.15) is 0 Å². The largest absolute Gasteiger partial charge is 0.321 e. The summed E-state index contributed by atoms with van der Waals surface area (Å²) in [4.78, 5) is 17.6. The molecule has 0 aliphatic heterocycles. The number of aromatic nitrogens is 1. The first kappa shape index (κ1) is 20.8. The van der Waals surface area contributed by atoms with Gasteiger partial charge in [-0.05, 0) is 55.5 Å². The second kappa shape index (κ2) is 8.37. The van der Waals surface area contributed by atoms with Gasteiger partial charge in [0.2, 0.25) is 0 Å². The van der Waals surface area contributed by atoms with Crippen LogP contribution in [0.5, 0.6) is 0 Å². The SMILES string of the molecule is Cc1cc(NC(=O)c2ccccc2NS(=O)(=O)c2ccc(Cl)cc2)c2ccccc2n1. The van der Waals surface area contributed by atoms with Crippen molar-refractivity contribution in [1.29, 1.82) is 0 Å². The fourth-order valence-corrected chi connectivity index (χ4v) is 4.39. The van der Waals surface area contributed by atoms with Gasteiger partial charge in [0, 0.05) is 16.1 Å². The molecule has 3 aromatic carbocycles. The number of carbonyl (C=O) groups excluding carboxylic acids is 1. The zero-order valence-electron chi connectivity index (χ0n) is 16.5. The van der Waals surface area contributed by atoms with E-state index < -0.39 is 15.9 Å². The minimum absolute atomic E-state index is 0.0443. The molecule has 6 nitrogen and oxygen atoms in total. The predicted molar refractivity (Wildman–Crippen MR) is 123 cm³/mol. The quantitative estimate of drug-likeness (QED) is 0.433. The maximum absolute atomic E-state index is 13.1. The van der Waals surface area contributed by atoms with Crippen LogP contribution in [0.4, 0.5) is 11.4 Å². The summed E-state index contributed by atoms with van der Waals surface area (Å²) < 4.78 is 28.0. The van der Waals surface area contributed by atoms with Gasteiger partial charge in [0.25, 0.3) is 15.9 Å². The van der Waals surface area contributed by atoms with Gasteiger partial charge < -0.3 is 5.32 Å². The summed E-state index contributed by atoms with van der Waals surface area (Å²) in [6.07, 6.45) is 0. The van der Waals surface area contributed by atoms with Gasteiger partial charge in [-0.15, -0.1) is 0 Å². The Kier molecular flexibility index (Phi) is 5.63. The lowest BCUT2D eigenvalue weighted by Gasteiger charge is -2.14. The summed E-state index contributed by atoms with van der Waals surface area (Å²) in [7, 11) is -3.90. The van der Waals surface area contributed by atoms with Crippen molar-refractivity contribution in [3.8, 4) is 0 Å². The number of hydrogen-bond acceptors (Lipinski definition) is 4. The van der Waals surface area contributed by atoms with Crippen molar-refractivity contribution in [1.82, 2.24) is 4.98 Å². The maximum Gasteiger partial charge on any atom is 0.261 e. The number of para-hydroxylation sites is 2. The molecule has 0 bridgehead atoms. The Labute approximate surface area is 185 Å². The van der Waals surface area contributed by atoms with Gasteiger partial charge in [0.1, 0.15) is 0 Å². The average Bonchev–Trinajstić information content (AvgIpc) is 2.74. The Bertz CT molecular complexity index is 1390. The van der Waals surface area contributed by atoms with Crippen LogP contribution in [-0.4, -0.2) is 19.3 Å². The third kappa shape index (κ3) is 4.52. The number of amides is 1. The number of benzene rings is 3. The van der Waals surface area contributed by atoms with Crippen molar-refractivity contribution >= 4 is 49.8 Å². The smallest absolute Gasteiger partial charge is 0.261 e. The molecule has 0 unspecified atom stereocenters. The van der Waals surface area contributed by atoms with Gasteiger partial charge >= 0.3 is 0 Å². The molecular formula is C23H18ClN3O3S. The van der Waals surface area contributed by atoms with Crippen LogP contribution in [0.1, 0.15) is 16.1 Å². The number of aryl methyl sites for hydroxylation is 1. The van der Waals surface area contributed by atoms with E-state index in [-0.39, 0.29) is 16.1 Å². The van der Waals surface area contributed by atoms with Gasteiger partial charge in [-0.25, -0.2) is 8.42 Å². The Morgan fingerprint density at radius 3 is 2.35 bits per heavy atom. The molecule has 0 spiro atoms. The van der Waals surface area contributed by atoms with Crippen LogP contribution in [0.25, 0.3) is 10.9 Å². The topological polar surface area (TPSA) is 88.2 Å². The molecule has 1 aromatic heterocycles. The first-order valence-corrected chi connectivity index (χ1v) is 11.2. The van der Waals surface area contributed by atoms with E-state index >= 15 is 0 Å². The lowest BCUT2D eigenvalue weighted by atomic mass is 10.1. The molecule has 4 aromatic rings. The van der Waals surface area contributed by atoms with Gasteiger partial charge in [0.15, 0.2) is 0 Å². The summed E-state index contributed by atoms with van der Waals surface area (Å²) in [6.45, 7) is 1.84. The third-order valence-corrected chi connectivity index (χ3v) is 6.27. The molecule has 0 aliphatic carbocycles. The van der Waals surface area contributed by atoms with Gasteiger partial charge in [0.05, 0.1) is 27.4 Å².